The minimum absolute atomic E-state index is 0.00630. The highest BCUT2D eigenvalue weighted by atomic mass is 16.5. The second-order valence-corrected chi connectivity index (χ2v) is 11.2. The normalized spacial score (nSPS) is 29.1. The van der Waals surface area contributed by atoms with Gasteiger partial charge >= 0.3 is 0 Å². The molecule has 4 aliphatic heterocycles. The number of nitrogens with two attached hydrogens (primary N) is 2. The molecule has 4 atom stereocenters. The summed E-state index contributed by atoms with van der Waals surface area (Å²) in [6, 6.07) is 5.72. The fraction of sp³-hybridized carbons (Fsp3) is 0.462. The SMILES string of the molecule is CC1(C)CCOc2c(C(=O)NC3CN4C(N)=NC(CNC(=O)c5ccc[nH]5)C5N=C(N)N[C@@]54C3(O)O)cccc21. The Balaban J connectivity index is 1.27. The van der Waals surface area contributed by atoms with Crippen molar-refractivity contribution in [2.24, 2.45) is 21.5 Å². The molecule has 3 unspecified atom stereocenters. The van der Waals surface area contributed by atoms with Gasteiger partial charge in [0.2, 0.25) is 5.79 Å². The molecule has 0 bridgehead atoms. The minimum atomic E-state index is -2.60. The zero-order valence-corrected chi connectivity index (χ0v) is 22.1. The number of guanidine groups is 2. The Bertz CT molecular complexity index is 1420. The molecule has 1 aromatic carbocycles. The summed E-state index contributed by atoms with van der Waals surface area (Å²) >= 11 is 0. The van der Waals surface area contributed by atoms with Gasteiger partial charge in [-0.3, -0.25) is 9.59 Å². The number of aromatic amines is 1. The number of para-hydroxylation sites is 1. The van der Waals surface area contributed by atoms with E-state index in [1.807, 2.05) is 6.07 Å². The molecular formula is C26H33N9O5. The molecule has 1 saturated heterocycles. The molecule has 10 N–H and O–H groups in total. The minimum Gasteiger partial charge on any atom is -0.492 e. The van der Waals surface area contributed by atoms with Crippen molar-refractivity contribution < 1.29 is 24.5 Å². The molecule has 14 heteroatoms. The number of carbonyl (C=O) groups excluding carboxylic acids is 2. The van der Waals surface area contributed by atoms with Crippen molar-refractivity contribution in [3.8, 4) is 5.75 Å². The van der Waals surface area contributed by atoms with Crippen LogP contribution in [-0.2, 0) is 5.41 Å². The van der Waals surface area contributed by atoms with Crippen LogP contribution in [0.5, 0.6) is 5.75 Å². The fourth-order valence-electron chi connectivity index (χ4n) is 6.20. The van der Waals surface area contributed by atoms with Gasteiger partial charge in [0.1, 0.15) is 23.5 Å². The molecule has 212 valence electrons. The van der Waals surface area contributed by atoms with Gasteiger partial charge < -0.3 is 52.3 Å². The summed E-state index contributed by atoms with van der Waals surface area (Å²) in [6.45, 7) is 4.54. The third-order valence-electron chi connectivity index (χ3n) is 8.38. The molecular weight excluding hydrogens is 518 g/mol. The van der Waals surface area contributed by atoms with Crippen molar-refractivity contribution in [1.82, 2.24) is 25.8 Å². The van der Waals surface area contributed by atoms with Crippen molar-refractivity contribution >= 4 is 23.7 Å². The Kier molecular flexibility index (Phi) is 5.75. The van der Waals surface area contributed by atoms with Crippen LogP contribution in [-0.4, -0.2) is 93.1 Å². The molecule has 0 radical (unpaired) electrons. The number of H-pyrrole nitrogens is 1. The zero-order valence-electron chi connectivity index (χ0n) is 22.1. The number of fused-ring (bicyclic) bond motifs is 1. The Morgan fingerprint density at radius 1 is 1.18 bits per heavy atom. The standard InChI is InChI=1S/C26H33N9O5/c1-24(2)8-10-40-18-13(5-3-6-14(18)24)20(36)32-17-12-35-23(28)31-16(11-30-21(37)15-7-4-9-29-15)19-25(35,26(17,38)39)34-22(27)33-19/h3-7,9,16-17,19,29,38-39H,8,10-12H2,1-2H3,(H2,28,31)(H,30,37)(H,32,36)(H3,27,33,34)/t16?,17?,19?,25-/m0/s1. The summed E-state index contributed by atoms with van der Waals surface area (Å²) < 4.78 is 5.89. The van der Waals surface area contributed by atoms with Gasteiger partial charge in [-0.15, -0.1) is 0 Å². The average molecular weight is 552 g/mol. The molecule has 6 rings (SSSR count). The predicted molar refractivity (Wildman–Crippen MR) is 145 cm³/mol. The van der Waals surface area contributed by atoms with Crippen LogP contribution in [0.3, 0.4) is 0 Å². The highest BCUT2D eigenvalue weighted by Crippen LogP contribution is 2.45. The zero-order chi connectivity index (χ0) is 28.4. The van der Waals surface area contributed by atoms with Crippen LogP contribution in [0, 0.1) is 0 Å². The van der Waals surface area contributed by atoms with Crippen LogP contribution in [0.1, 0.15) is 46.7 Å². The highest BCUT2D eigenvalue weighted by molar-refractivity contribution is 5.98. The van der Waals surface area contributed by atoms with E-state index in [4.69, 9.17) is 16.2 Å². The van der Waals surface area contributed by atoms with Crippen LogP contribution in [0.25, 0.3) is 0 Å². The lowest BCUT2D eigenvalue weighted by Gasteiger charge is -2.49. The maximum Gasteiger partial charge on any atom is 0.267 e. The lowest BCUT2D eigenvalue weighted by molar-refractivity contribution is -0.230. The summed E-state index contributed by atoms with van der Waals surface area (Å²) in [5, 5.41) is 31.8. The topological polar surface area (TPSA) is 216 Å². The fourth-order valence-corrected chi connectivity index (χ4v) is 6.20. The van der Waals surface area contributed by atoms with Gasteiger partial charge in [-0.25, -0.2) is 9.98 Å². The van der Waals surface area contributed by atoms with Crippen LogP contribution >= 0.6 is 0 Å². The Morgan fingerprint density at radius 2 is 1.98 bits per heavy atom. The van der Waals surface area contributed by atoms with Crippen LogP contribution < -0.4 is 32.2 Å². The molecule has 14 nitrogen and oxygen atoms in total. The van der Waals surface area contributed by atoms with E-state index >= 15 is 0 Å². The summed E-state index contributed by atoms with van der Waals surface area (Å²) in [4.78, 5) is 39.3. The number of aromatic nitrogens is 1. The maximum absolute atomic E-state index is 13.5. The van der Waals surface area contributed by atoms with E-state index in [2.05, 4.69) is 44.8 Å². The van der Waals surface area contributed by atoms with E-state index in [1.165, 1.54) is 4.90 Å². The van der Waals surface area contributed by atoms with Gasteiger partial charge in [-0.2, -0.15) is 0 Å². The van der Waals surface area contributed by atoms with Crippen molar-refractivity contribution in [3.05, 3.63) is 53.3 Å². The Hall–Kier alpha value is -4.30. The molecule has 5 heterocycles. The number of amides is 2. The molecule has 40 heavy (non-hydrogen) atoms. The van der Waals surface area contributed by atoms with E-state index in [0.29, 0.717) is 23.6 Å². The second kappa shape index (κ2) is 8.86. The number of aliphatic imine (C=N–C) groups is 2. The van der Waals surface area contributed by atoms with Crippen molar-refractivity contribution in [3.63, 3.8) is 0 Å². The number of rotatable bonds is 5. The first-order valence-corrected chi connectivity index (χ1v) is 13.1. The molecule has 2 amide bonds. The first-order valence-electron chi connectivity index (χ1n) is 13.1. The smallest absolute Gasteiger partial charge is 0.267 e. The van der Waals surface area contributed by atoms with Gasteiger partial charge in [0.15, 0.2) is 17.6 Å². The maximum atomic E-state index is 13.5. The summed E-state index contributed by atoms with van der Waals surface area (Å²) in [5.74, 6) is -3.08. The van der Waals surface area contributed by atoms with Crippen molar-refractivity contribution in [1.29, 1.82) is 0 Å². The second-order valence-electron chi connectivity index (χ2n) is 11.2. The number of benzene rings is 1. The van der Waals surface area contributed by atoms with E-state index in [1.54, 1.807) is 30.5 Å². The van der Waals surface area contributed by atoms with Crippen LogP contribution in [0.15, 0.2) is 46.5 Å². The van der Waals surface area contributed by atoms with Gasteiger partial charge in [0.25, 0.3) is 11.8 Å². The van der Waals surface area contributed by atoms with E-state index in [0.717, 1.165) is 12.0 Å². The van der Waals surface area contributed by atoms with Crippen molar-refractivity contribution in [2.75, 3.05) is 19.7 Å². The summed E-state index contributed by atoms with van der Waals surface area (Å²) in [7, 11) is 0. The average Bonchev–Trinajstić information content (AvgIpc) is 3.61. The summed E-state index contributed by atoms with van der Waals surface area (Å²) in [5.41, 5.74) is 12.0. The van der Waals surface area contributed by atoms with Gasteiger partial charge in [0, 0.05) is 24.8 Å². The Morgan fingerprint density at radius 3 is 2.73 bits per heavy atom. The number of nitrogens with one attached hydrogen (secondary N) is 4. The number of nitrogens with zero attached hydrogens (tertiary/aromatic N) is 3. The number of carbonyl (C=O) groups is 2. The number of ether oxygens (including phenoxy) is 1. The van der Waals surface area contributed by atoms with Gasteiger partial charge in [0.05, 0.1) is 18.2 Å². The Labute approximate surface area is 229 Å². The van der Waals surface area contributed by atoms with E-state index in [-0.39, 0.29) is 36.3 Å². The number of hydrogen-bond acceptors (Lipinski definition) is 11. The molecule has 0 aliphatic carbocycles. The third kappa shape index (κ3) is 3.70. The molecule has 4 aliphatic rings. The molecule has 1 spiro atoms. The first kappa shape index (κ1) is 26.0. The van der Waals surface area contributed by atoms with Gasteiger partial charge in [-0.05, 0) is 30.0 Å². The molecule has 1 aromatic heterocycles. The highest BCUT2D eigenvalue weighted by Gasteiger charge is 2.73. The molecule has 0 saturated carbocycles. The van der Waals surface area contributed by atoms with Crippen LogP contribution in [0.4, 0.5) is 0 Å². The van der Waals surface area contributed by atoms with Gasteiger partial charge in [-0.1, -0.05) is 26.0 Å². The first-order chi connectivity index (χ1) is 19.0. The third-order valence-corrected chi connectivity index (χ3v) is 8.38. The molecule has 1 fully saturated rings. The quantitative estimate of drug-likeness (QED) is 0.198. The monoisotopic (exact) mass is 551 g/mol. The largest absolute Gasteiger partial charge is 0.492 e. The van der Waals surface area contributed by atoms with E-state index < -0.39 is 35.5 Å². The van der Waals surface area contributed by atoms with Crippen LogP contribution in [0.2, 0.25) is 0 Å². The van der Waals surface area contributed by atoms with E-state index in [9.17, 15) is 19.8 Å². The molecule has 2 aromatic rings. The number of aliphatic hydroxyl groups is 2. The van der Waals surface area contributed by atoms with Crippen molar-refractivity contribution in [2.45, 2.75) is 55.3 Å². The lowest BCUT2D eigenvalue weighted by Crippen LogP contribution is -2.78. The lowest BCUT2D eigenvalue weighted by atomic mass is 9.79. The summed E-state index contributed by atoms with van der Waals surface area (Å²) in [6.07, 6.45) is 2.43. The number of hydrogen-bond donors (Lipinski definition) is 8. The predicted octanol–water partition coefficient (Wildman–Crippen LogP) is -1.72.